The van der Waals surface area contributed by atoms with Crippen LogP contribution in [0.3, 0.4) is 0 Å². The van der Waals surface area contributed by atoms with E-state index in [2.05, 4.69) is 11.1 Å². The number of hydroxylamine groups is 2. The highest BCUT2D eigenvalue weighted by Gasteiger charge is 2.57. The summed E-state index contributed by atoms with van der Waals surface area (Å²) in [6.07, 6.45) is -1.46. The number of nitrogens with zero attached hydrogens (tertiary/aromatic N) is 4. The number of rotatable bonds is 6. The largest absolute Gasteiger partial charge is 0.455 e. The first-order chi connectivity index (χ1) is 14.8. The van der Waals surface area contributed by atoms with Crippen LogP contribution in [0.5, 0.6) is 0 Å². The average Bonchev–Trinajstić information content (AvgIpc) is 3.08. The Morgan fingerprint density at radius 2 is 1.94 bits per heavy atom. The lowest BCUT2D eigenvalue weighted by molar-refractivity contribution is -0.286. The first kappa shape index (κ1) is 24.1. The van der Waals surface area contributed by atoms with Crippen molar-refractivity contribution in [2.75, 3.05) is 12.3 Å². The molecule has 172 valence electrons. The van der Waals surface area contributed by atoms with Crippen LogP contribution in [0.25, 0.3) is 16.6 Å². The topological polar surface area (TPSA) is 65.1 Å². The minimum atomic E-state index is -5.66. The molecule has 1 N–H and O–H groups in total. The van der Waals surface area contributed by atoms with Crippen molar-refractivity contribution in [3.63, 3.8) is 0 Å². The van der Waals surface area contributed by atoms with Gasteiger partial charge in [-0.3, -0.25) is 10.2 Å². The molecule has 11 heteroatoms. The summed E-state index contributed by atoms with van der Waals surface area (Å²) in [5.74, 6) is -4.21. The number of alkyl halides is 5. The summed E-state index contributed by atoms with van der Waals surface area (Å²) in [5.41, 5.74) is 0.740. The molecule has 1 aliphatic rings. The number of aromatic nitrogens is 2. The predicted octanol–water partition coefficient (Wildman–Crippen LogP) is 5.84. The van der Waals surface area contributed by atoms with E-state index in [-0.39, 0.29) is 12.1 Å². The maximum atomic E-state index is 13.5. The molecule has 0 amide bonds. The van der Waals surface area contributed by atoms with Crippen LogP contribution < -0.4 is 0 Å². The quantitative estimate of drug-likeness (QED) is 0.536. The molecule has 0 aliphatic carbocycles. The number of thioether (sulfide) groups is 1. The summed E-state index contributed by atoms with van der Waals surface area (Å²) < 4.78 is 65.6. The number of allylic oxidation sites excluding steroid dienone is 1. The van der Waals surface area contributed by atoms with Crippen LogP contribution in [-0.4, -0.2) is 44.2 Å². The molecule has 1 aliphatic heterocycles. The van der Waals surface area contributed by atoms with E-state index in [1.165, 1.54) is 30.1 Å². The zero-order valence-electron chi connectivity index (χ0n) is 17.5. The molecule has 2 aromatic heterocycles. The molecule has 0 aromatic carbocycles. The fourth-order valence-electron chi connectivity index (χ4n) is 3.27. The third kappa shape index (κ3) is 4.47. The van der Waals surface area contributed by atoms with Crippen LogP contribution >= 0.6 is 11.8 Å². The lowest BCUT2D eigenvalue weighted by Crippen LogP contribution is -2.40. The summed E-state index contributed by atoms with van der Waals surface area (Å²) in [5, 5.41) is 21.5. The van der Waals surface area contributed by atoms with Gasteiger partial charge in [0.15, 0.2) is 0 Å². The Kier molecular flexibility index (Phi) is 6.32. The highest BCUT2D eigenvalue weighted by Crippen LogP contribution is 2.40. The van der Waals surface area contributed by atoms with Crippen molar-refractivity contribution in [2.45, 2.75) is 39.4 Å². The number of fused-ring (bicyclic) bond motifs is 1. The third-order valence-corrected chi connectivity index (χ3v) is 6.09. The smallest absolute Gasteiger partial charge is 0.340 e. The number of nitriles is 1. The van der Waals surface area contributed by atoms with Crippen LogP contribution in [0, 0.1) is 16.7 Å². The van der Waals surface area contributed by atoms with E-state index >= 15 is 0 Å². The van der Waals surface area contributed by atoms with Crippen LogP contribution in [-0.2, 0) is 6.54 Å². The molecular formula is C21H21F5N4OS. The third-order valence-electron chi connectivity index (χ3n) is 5.18. The number of hydrogen-bond donors (Lipinski definition) is 1. The SMILES string of the molecule is CCSC1=C(c2cc3ccn(CC(F)(F)C(F)(F)F)c3cn2)N(O)CC(C(C)(C)C#N)=C1. The van der Waals surface area contributed by atoms with E-state index in [4.69, 9.17) is 0 Å². The van der Waals surface area contributed by atoms with Gasteiger partial charge in [0.25, 0.3) is 0 Å². The summed E-state index contributed by atoms with van der Waals surface area (Å²) in [6.45, 7) is 3.93. The molecule has 0 fully saturated rings. The highest BCUT2D eigenvalue weighted by molar-refractivity contribution is 8.03. The molecule has 0 bridgehead atoms. The lowest BCUT2D eigenvalue weighted by Gasteiger charge is -2.32. The van der Waals surface area contributed by atoms with Crippen molar-refractivity contribution in [3.05, 3.63) is 46.8 Å². The minimum absolute atomic E-state index is 0.0716. The molecule has 0 unspecified atom stereocenters. The van der Waals surface area contributed by atoms with Gasteiger partial charge in [-0.15, -0.1) is 11.8 Å². The number of hydrogen-bond acceptors (Lipinski definition) is 5. The normalized spacial score (nSPS) is 15.9. The monoisotopic (exact) mass is 472 g/mol. The van der Waals surface area contributed by atoms with Gasteiger partial charge in [-0.05, 0) is 43.4 Å². The Balaban J connectivity index is 2.05. The van der Waals surface area contributed by atoms with Gasteiger partial charge in [-0.2, -0.15) is 27.2 Å². The lowest BCUT2D eigenvalue weighted by atomic mass is 9.84. The molecule has 3 heterocycles. The second kappa shape index (κ2) is 8.41. The zero-order chi connectivity index (χ0) is 23.9. The molecule has 5 nitrogen and oxygen atoms in total. The Hall–Kier alpha value is -2.58. The van der Waals surface area contributed by atoms with E-state index < -0.39 is 24.1 Å². The minimum Gasteiger partial charge on any atom is -0.340 e. The van der Waals surface area contributed by atoms with Crippen LogP contribution in [0.2, 0.25) is 0 Å². The van der Waals surface area contributed by atoms with Gasteiger partial charge in [0, 0.05) is 16.5 Å². The molecule has 0 atom stereocenters. The van der Waals surface area contributed by atoms with E-state index in [0.717, 1.165) is 15.8 Å². The number of halogens is 5. The Bertz CT molecular complexity index is 1130. The first-order valence-corrected chi connectivity index (χ1v) is 10.6. The first-order valence-electron chi connectivity index (χ1n) is 9.66. The molecular weight excluding hydrogens is 451 g/mol. The standard InChI is InChI=1S/C21H21F5N4OS/c1-4-32-17-8-14(19(2,3)11-27)10-30(31)18(17)15-7-13-5-6-29(16(13)9-28-15)12-20(22,23)21(24,25)26/h5-9,31H,4,10,12H2,1-3H3. The number of pyridine rings is 1. The van der Waals surface area contributed by atoms with Gasteiger partial charge in [-0.25, -0.2) is 5.06 Å². The van der Waals surface area contributed by atoms with E-state index in [1.807, 2.05) is 13.0 Å². The van der Waals surface area contributed by atoms with Gasteiger partial charge < -0.3 is 4.57 Å². The van der Waals surface area contributed by atoms with Crippen molar-refractivity contribution in [3.8, 4) is 6.07 Å². The Morgan fingerprint density at radius 3 is 2.53 bits per heavy atom. The van der Waals surface area contributed by atoms with Gasteiger partial charge in [0.2, 0.25) is 0 Å². The van der Waals surface area contributed by atoms with Crippen molar-refractivity contribution < 1.29 is 27.2 Å². The fraction of sp³-hybridized carbons (Fsp3) is 0.429. The molecule has 32 heavy (non-hydrogen) atoms. The molecule has 0 spiro atoms. The zero-order valence-corrected chi connectivity index (χ0v) is 18.4. The average molecular weight is 472 g/mol. The van der Waals surface area contributed by atoms with Crippen molar-refractivity contribution in [2.24, 2.45) is 5.41 Å². The summed E-state index contributed by atoms with van der Waals surface area (Å²) in [7, 11) is 0. The van der Waals surface area contributed by atoms with E-state index in [0.29, 0.717) is 33.0 Å². The van der Waals surface area contributed by atoms with Crippen molar-refractivity contribution in [1.29, 1.82) is 5.26 Å². The molecule has 3 rings (SSSR count). The molecule has 0 radical (unpaired) electrons. The van der Waals surface area contributed by atoms with Gasteiger partial charge in [0.1, 0.15) is 5.70 Å². The van der Waals surface area contributed by atoms with Gasteiger partial charge in [-0.1, -0.05) is 6.92 Å². The second-order valence-electron chi connectivity index (χ2n) is 7.88. The van der Waals surface area contributed by atoms with Gasteiger partial charge in [0.05, 0.1) is 42.0 Å². The Labute approximate surface area is 185 Å². The van der Waals surface area contributed by atoms with Crippen molar-refractivity contribution >= 4 is 28.4 Å². The molecule has 0 saturated carbocycles. The maximum absolute atomic E-state index is 13.5. The predicted molar refractivity (Wildman–Crippen MR) is 112 cm³/mol. The Morgan fingerprint density at radius 1 is 1.25 bits per heavy atom. The van der Waals surface area contributed by atoms with Crippen LogP contribution in [0.15, 0.2) is 41.1 Å². The summed E-state index contributed by atoms with van der Waals surface area (Å²) in [4.78, 5) is 4.91. The molecule has 0 saturated heterocycles. The summed E-state index contributed by atoms with van der Waals surface area (Å²) in [6, 6.07) is 5.16. The van der Waals surface area contributed by atoms with Gasteiger partial charge >= 0.3 is 12.1 Å². The highest BCUT2D eigenvalue weighted by atomic mass is 32.2. The van der Waals surface area contributed by atoms with E-state index in [1.54, 1.807) is 13.8 Å². The summed E-state index contributed by atoms with van der Waals surface area (Å²) >= 11 is 1.43. The second-order valence-corrected chi connectivity index (χ2v) is 9.19. The van der Waals surface area contributed by atoms with Crippen LogP contribution in [0.1, 0.15) is 26.5 Å². The van der Waals surface area contributed by atoms with Crippen molar-refractivity contribution in [1.82, 2.24) is 14.6 Å². The maximum Gasteiger partial charge on any atom is 0.455 e. The molecule has 2 aromatic rings. The van der Waals surface area contributed by atoms with Crippen LogP contribution in [0.4, 0.5) is 22.0 Å². The fourth-order valence-corrected chi connectivity index (χ4v) is 4.16. The van der Waals surface area contributed by atoms with E-state index in [9.17, 15) is 32.4 Å².